The number of hydrogen-bond acceptors (Lipinski definition) is 5. The van der Waals surface area contributed by atoms with E-state index < -0.39 is 5.97 Å². The lowest BCUT2D eigenvalue weighted by molar-refractivity contribution is 0.0697. The van der Waals surface area contributed by atoms with Gasteiger partial charge in [0.05, 0.1) is 28.4 Å². The van der Waals surface area contributed by atoms with E-state index in [0.717, 1.165) is 5.39 Å². The normalized spacial score (nSPS) is 11.8. The Balaban J connectivity index is 1.66. The zero-order valence-corrected chi connectivity index (χ0v) is 19.6. The summed E-state index contributed by atoms with van der Waals surface area (Å²) >= 11 is 6.49. The summed E-state index contributed by atoms with van der Waals surface area (Å²) in [4.78, 5) is 33.9. The van der Waals surface area contributed by atoms with E-state index in [-0.39, 0.29) is 17.2 Å². The maximum atomic E-state index is 13.4. The lowest BCUT2D eigenvalue weighted by Crippen LogP contribution is -2.22. The number of aromatic carboxylic acids is 1. The molecule has 9 heteroatoms. The third-order valence-electron chi connectivity index (χ3n) is 5.62. The molecule has 5 aromatic rings. The summed E-state index contributed by atoms with van der Waals surface area (Å²) in [5.41, 5.74) is 2.25. The molecule has 0 amide bonds. The lowest BCUT2D eigenvalue weighted by atomic mass is 10.2. The van der Waals surface area contributed by atoms with Gasteiger partial charge in [-0.25, -0.2) is 19.4 Å². The van der Waals surface area contributed by atoms with Crippen molar-refractivity contribution in [2.45, 2.75) is 19.9 Å². The number of para-hydroxylation sites is 1. The summed E-state index contributed by atoms with van der Waals surface area (Å²) in [6.07, 6.45) is 5.19. The molecule has 2 aromatic carbocycles. The average molecular weight is 486 g/mol. The van der Waals surface area contributed by atoms with Gasteiger partial charge in [0.15, 0.2) is 5.65 Å². The lowest BCUT2D eigenvalue weighted by Gasteiger charge is -2.12. The van der Waals surface area contributed by atoms with Crippen LogP contribution in [0.3, 0.4) is 0 Å². The molecule has 0 bridgehead atoms. The van der Waals surface area contributed by atoms with E-state index in [9.17, 15) is 14.7 Å². The molecule has 0 saturated heterocycles. The van der Waals surface area contributed by atoms with Crippen LogP contribution < -0.4 is 5.56 Å². The Morgan fingerprint density at radius 2 is 1.80 bits per heavy atom. The second-order valence-electron chi connectivity index (χ2n) is 8.28. The summed E-state index contributed by atoms with van der Waals surface area (Å²) in [6.45, 7) is 4.03. The van der Waals surface area contributed by atoms with E-state index in [1.165, 1.54) is 16.7 Å². The topological polar surface area (TPSA) is 103 Å². The van der Waals surface area contributed by atoms with Crippen LogP contribution in [0, 0.1) is 0 Å². The average Bonchev–Trinajstić information content (AvgIpc) is 3.25. The Hall–Kier alpha value is -4.30. The van der Waals surface area contributed by atoms with E-state index in [1.807, 2.05) is 26.0 Å². The molecule has 0 fully saturated rings. The molecule has 0 aliphatic carbocycles. The van der Waals surface area contributed by atoms with Crippen LogP contribution in [0.1, 0.15) is 41.6 Å². The predicted octanol–water partition coefficient (Wildman–Crippen LogP) is 5.23. The molecule has 1 N–H and O–H groups in total. The Morgan fingerprint density at radius 3 is 2.51 bits per heavy atom. The highest BCUT2D eigenvalue weighted by atomic mass is 35.5. The van der Waals surface area contributed by atoms with Crippen LogP contribution in [0.2, 0.25) is 5.15 Å². The first-order valence-electron chi connectivity index (χ1n) is 10.9. The van der Waals surface area contributed by atoms with Gasteiger partial charge in [-0.05, 0) is 68.5 Å². The van der Waals surface area contributed by atoms with Crippen LogP contribution >= 0.6 is 11.6 Å². The molecular weight excluding hydrogens is 466 g/mol. The predicted molar refractivity (Wildman–Crippen MR) is 136 cm³/mol. The third kappa shape index (κ3) is 4.08. The molecule has 0 atom stereocenters. The SMILES string of the molecule is CC(C)n1ncc2cc(/C=C/c3nc4ccccc4c(=O)n3-c3ccc(C(=O)O)cc3)c(Cl)nc21. The number of benzene rings is 2. The molecule has 5 rings (SSSR count). The van der Waals surface area contributed by atoms with Crippen LogP contribution in [0.4, 0.5) is 0 Å². The molecule has 0 radical (unpaired) electrons. The minimum Gasteiger partial charge on any atom is -0.478 e. The minimum absolute atomic E-state index is 0.126. The van der Waals surface area contributed by atoms with Crippen LogP contribution in [-0.4, -0.2) is 35.4 Å². The summed E-state index contributed by atoms with van der Waals surface area (Å²) < 4.78 is 3.25. The second-order valence-corrected chi connectivity index (χ2v) is 8.64. The van der Waals surface area contributed by atoms with Crippen molar-refractivity contribution >= 4 is 51.7 Å². The van der Waals surface area contributed by atoms with Gasteiger partial charge < -0.3 is 5.11 Å². The Labute approximate surface area is 204 Å². The Kier molecular flexibility index (Phi) is 5.66. The van der Waals surface area contributed by atoms with Gasteiger partial charge in [0.1, 0.15) is 11.0 Å². The molecule has 0 saturated carbocycles. The van der Waals surface area contributed by atoms with Crippen molar-refractivity contribution in [1.82, 2.24) is 24.3 Å². The summed E-state index contributed by atoms with van der Waals surface area (Å²) in [5, 5.41) is 15.2. The number of hydrogen-bond donors (Lipinski definition) is 1. The van der Waals surface area contributed by atoms with Crippen molar-refractivity contribution in [3.8, 4) is 5.69 Å². The maximum absolute atomic E-state index is 13.4. The summed E-state index contributed by atoms with van der Waals surface area (Å²) in [6, 6.07) is 15.2. The minimum atomic E-state index is -1.04. The monoisotopic (exact) mass is 485 g/mol. The number of aromatic nitrogens is 5. The molecule has 3 heterocycles. The highest BCUT2D eigenvalue weighted by Gasteiger charge is 2.14. The molecule has 0 unspecified atom stereocenters. The van der Waals surface area contributed by atoms with E-state index in [1.54, 1.807) is 53.4 Å². The largest absolute Gasteiger partial charge is 0.478 e. The van der Waals surface area contributed by atoms with Gasteiger partial charge in [0, 0.05) is 17.0 Å². The van der Waals surface area contributed by atoms with Gasteiger partial charge in [-0.1, -0.05) is 23.7 Å². The van der Waals surface area contributed by atoms with Crippen molar-refractivity contribution in [1.29, 1.82) is 0 Å². The first kappa shape index (κ1) is 22.5. The number of halogens is 1. The molecule has 8 nitrogen and oxygen atoms in total. The van der Waals surface area contributed by atoms with Crippen molar-refractivity contribution in [3.05, 3.63) is 93.3 Å². The van der Waals surface area contributed by atoms with Gasteiger partial charge >= 0.3 is 5.97 Å². The maximum Gasteiger partial charge on any atom is 0.335 e. The first-order valence-corrected chi connectivity index (χ1v) is 11.3. The van der Waals surface area contributed by atoms with Gasteiger partial charge in [-0.2, -0.15) is 5.10 Å². The first-order chi connectivity index (χ1) is 16.8. The highest BCUT2D eigenvalue weighted by molar-refractivity contribution is 6.31. The third-order valence-corrected chi connectivity index (χ3v) is 5.93. The number of carboxylic acids is 1. The summed E-state index contributed by atoms with van der Waals surface area (Å²) in [7, 11) is 0. The van der Waals surface area contributed by atoms with Crippen LogP contribution in [0.25, 0.3) is 39.8 Å². The van der Waals surface area contributed by atoms with Gasteiger partial charge in [0.25, 0.3) is 5.56 Å². The number of rotatable bonds is 5. The van der Waals surface area contributed by atoms with Gasteiger partial charge in [-0.15, -0.1) is 0 Å². The molecule has 3 aromatic heterocycles. The Morgan fingerprint density at radius 1 is 1.06 bits per heavy atom. The van der Waals surface area contributed by atoms with E-state index in [0.29, 0.717) is 38.8 Å². The molecule has 0 spiro atoms. The Bertz CT molecular complexity index is 1680. The quantitative estimate of drug-likeness (QED) is 0.342. The molecular formula is C26H20ClN5O3. The van der Waals surface area contributed by atoms with Crippen molar-refractivity contribution < 1.29 is 9.90 Å². The van der Waals surface area contributed by atoms with Crippen LogP contribution in [0.5, 0.6) is 0 Å². The molecule has 0 aliphatic rings. The zero-order chi connectivity index (χ0) is 24.7. The molecule has 0 aliphatic heterocycles. The molecule has 174 valence electrons. The number of fused-ring (bicyclic) bond motifs is 2. The van der Waals surface area contributed by atoms with Gasteiger partial charge in [0.2, 0.25) is 0 Å². The van der Waals surface area contributed by atoms with Crippen molar-refractivity contribution in [2.75, 3.05) is 0 Å². The van der Waals surface area contributed by atoms with Crippen molar-refractivity contribution in [3.63, 3.8) is 0 Å². The number of pyridine rings is 1. The van der Waals surface area contributed by atoms with E-state index >= 15 is 0 Å². The number of nitrogens with zero attached hydrogens (tertiary/aromatic N) is 5. The fraction of sp³-hybridized carbons (Fsp3) is 0.115. The van der Waals surface area contributed by atoms with Gasteiger partial charge in [-0.3, -0.25) is 9.36 Å². The standard InChI is InChI=1S/C26H20ClN5O3/c1-15(2)32-24-18(14-28-32)13-17(23(27)30-24)9-12-22-29-21-6-4-3-5-20(21)25(33)31(22)19-10-7-16(8-11-19)26(34)35/h3-15H,1-2H3,(H,34,35)/b12-9+. The number of carbonyl (C=O) groups is 1. The molecule has 35 heavy (non-hydrogen) atoms. The fourth-order valence-corrected chi connectivity index (χ4v) is 4.09. The smallest absolute Gasteiger partial charge is 0.335 e. The van der Waals surface area contributed by atoms with E-state index in [2.05, 4.69) is 15.1 Å². The highest BCUT2D eigenvalue weighted by Crippen LogP contribution is 2.24. The fourth-order valence-electron chi connectivity index (χ4n) is 3.89. The van der Waals surface area contributed by atoms with Crippen molar-refractivity contribution in [2.24, 2.45) is 0 Å². The number of carboxylic acid groups (broad SMARTS) is 1. The van der Waals surface area contributed by atoms with E-state index in [4.69, 9.17) is 11.6 Å². The summed E-state index contributed by atoms with van der Waals surface area (Å²) in [5.74, 6) is -0.676. The van der Waals surface area contributed by atoms with Crippen LogP contribution in [0.15, 0.2) is 65.6 Å². The second kappa shape index (κ2) is 8.81. The van der Waals surface area contributed by atoms with Crippen LogP contribution in [-0.2, 0) is 0 Å². The zero-order valence-electron chi connectivity index (χ0n) is 18.9.